The van der Waals surface area contributed by atoms with Crippen molar-refractivity contribution in [2.45, 2.75) is 0 Å². The second kappa shape index (κ2) is 5.34. The summed E-state index contributed by atoms with van der Waals surface area (Å²) in [6.45, 7) is 0. The van der Waals surface area contributed by atoms with Gasteiger partial charge in [0.1, 0.15) is 11.5 Å². The lowest BCUT2D eigenvalue weighted by Gasteiger charge is -2.09. The van der Waals surface area contributed by atoms with E-state index < -0.39 is 5.97 Å². The minimum absolute atomic E-state index is 0.0382. The molecule has 2 rings (SSSR count). The van der Waals surface area contributed by atoms with Crippen LogP contribution in [0.5, 0.6) is 11.5 Å². The van der Waals surface area contributed by atoms with E-state index in [1.165, 1.54) is 19.5 Å². The number of hydrogen-bond donors (Lipinski definition) is 1. The molecular weight excluding hydrogens is 248 g/mol. The maximum atomic E-state index is 10.7. The molecule has 1 aromatic carbocycles. The lowest BCUT2D eigenvalue weighted by molar-refractivity contribution is 0.0696. The molecule has 0 unspecified atom stereocenters. The van der Waals surface area contributed by atoms with E-state index in [0.717, 1.165) is 0 Å². The lowest BCUT2D eigenvalue weighted by Crippen LogP contribution is -2.00. The fourth-order valence-corrected chi connectivity index (χ4v) is 1.56. The molecule has 0 bridgehead atoms. The molecule has 0 amide bonds. The van der Waals surface area contributed by atoms with Gasteiger partial charge in [0.15, 0.2) is 5.82 Å². The first-order chi connectivity index (χ1) is 9.15. The van der Waals surface area contributed by atoms with Gasteiger partial charge < -0.3 is 14.6 Å². The van der Waals surface area contributed by atoms with E-state index in [4.69, 9.17) is 14.6 Å². The molecule has 0 fully saturated rings. The van der Waals surface area contributed by atoms with Crippen LogP contribution in [0.15, 0.2) is 30.6 Å². The predicted octanol–water partition coefficient (Wildman–Crippen LogP) is 1.86. The molecule has 0 radical (unpaired) electrons. The molecule has 0 aliphatic rings. The zero-order valence-electron chi connectivity index (χ0n) is 10.5. The van der Waals surface area contributed by atoms with E-state index >= 15 is 0 Å². The van der Waals surface area contributed by atoms with E-state index in [-0.39, 0.29) is 5.56 Å². The Morgan fingerprint density at radius 2 is 1.84 bits per heavy atom. The number of rotatable bonds is 4. The number of methoxy groups -OCH3 is 2. The summed E-state index contributed by atoms with van der Waals surface area (Å²) in [4.78, 5) is 18.8. The van der Waals surface area contributed by atoms with Gasteiger partial charge >= 0.3 is 5.97 Å². The molecule has 1 N–H and O–H groups in total. The smallest absolute Gasteiger partial charge is 0.338 e. The fourth-order valence-electron chi connectivity index (χ4n) is 1.56. The number of nitrogens with zero attached hydrogens (tertiary/aromatic N) is 2. The van der Waals surface area contributed by atoms with Crippen LogP contribution < -0.4 is 9.47 Å². The summed E-state index contributed by atoms with van der Waals surface area (Å²) in [5.41, 5.74) is 0.705. The number of carbonyl (C=O) groups is 1. The highest BCUT2D eigenvalue weighted by Gasteiger charge is 2.11. The summed E-state index contributed by atoms with van der Waals surface area (Å²) in [6, 6.07) is 5.23. The Bertz CT molecular complexity index is 596. The quantitative estimate of drug-likeness (QED) is 0.903. The van der Waals surface area contributed by atoms with Crippen molar-refractivity contribution >= 4 is 5.97 Å². The van der Waals surface area contributed by atoms with E-state index in [2.05, 4.69) is 9.97 Å². The van der Waals surface area contributed by atoms with E-state index in [1.807, 2.05) is 0 Å². The minimum atomic E-state index is -1.06. The van der Waals surface area contributed by atoms with Crippen molar-refractivity contribution in [2.75, 3.05) is 14.2 Å². The van der Waals surface area contributed by atoms with Gasteiger partial charge in [0, 0.05) is 18.5 Å². The standard InChI is InChI=1S/C13H12N2O4/c1-18-9-3-4-10(11(5-9)19-2)12-14-6-8(7-15-12)13(16)17/h3-7H,1-2H3,(H,16,17). The summed E-state index contributed by atoms with van der Waals surface area (Å²) < 4.78 is 10.3. The Labute approximate surface area is 109 Å². The third-order valence-electron chi connectivity index (χ3n) is 2.55. The van der Waals surface area contributed by atoms with Crippen molar-refractivity contribution in [3.8, 4) is 22.9 Å². The summed E-state index contributed by atoms with van der Waals surface area (Å²) in [6.07, 6.45) is 2.52. The summed E-state index contributed by atoms with van der Waals surface area (Å²) >= 11 is 0. The molecule has 0 aliphatic heterocycles. The topological polar surface area (TPSA) is 81.5 Å². The van der Waals surface area contributed by atoms with Gasteiger partial charge in [0.25, 0.3) is 0 Å². The highest BCUT2D eigenvalue weighted by atomic mass is 16.5. The van der Waals surface area contributed by atoms with Gasteiger partial charge in [-0.25, -0.2) is 14.8 Å². The van der Waals surface area contributed by atoms with Crippen LogP contribution in [0.4, 0.5) is 0 Å². The minimum Gasteiger partial charge on any atom is -0.497 e. The Kier molecular flexibility index (Phi) is 3.61. The molecule has 1 aromatic heterocycles. The Hall–Kier alpha value is -2.63. The molecule has 2 aromatic rings. The van der Waals surface area contributed by atoms with E-state index in [1.54, 1.807) is 25.3 Å². The largest absolute Gasteiger partial charge is 0.497 e. The van der Waals surface area contributed by atoms with Crippen LogP contribution in [0, 0.1) is 0 Å². The molecule has 98 valence electrons. The fraction of sp³-hybridized carbons (Fsp3) is 0.154. The third-order valence-corrected chi connectivity index (χ3v) is 2.55. The number of aromatic carboxylic acids is 1. The molecule has 0 spiro atoms. The highest BCUT2D eigenvalue weighted by molar-refractivity contribution is 5.87. The van der Waals surface area contributed by atoms with Gasteiger partial charge in [-0.3, -0.25) is 0 Å². The van der Waals surface area contributed by atoms with Crippen molar-refractivity contribution in [1.82, 2.24) is 9.97 Å². The van der Waals surface area contributed by atoms with Gasteiger partial charge in [-0.1, -0.05) is 0 Å². The molecule has 0 aliphatic carbocycles. The van der Waals surface area contributed by atoms with Crippen LogP contribution >= 0.6 is 0 Å². The normalized spacial score (nSPS) is 10.0. The van der Waals surface area contributed by atoms with Gasteiger partial charge in [-0.05, 0) is 12.1 Å². The lowest BCUT2D eigenvalue weighted by atomic mass is 10.1. The Balaban J connectivity index is 2.43. The molecule has 1 heterocycles. The average molecular weight is 260 g/mol. The highest BCUT2D eigenvalue weighted by Crippen LogP contribution is 2.30. The Morgan fingerprint density at radius 3 is 2.37 bits per heavy atom. The third kappa shape index (κ3) is 2.62. The van der Waals surface area contributed by atoms with E-state index in [0.29, 0.717) is 22.9 Å². The summed E-state index contributed by atoms with van der Waals surface area (Å²) in [7, 11) is 3.09. The van der Waals surface area contributed by atoms with Crippen LogP contribution in [0.1, 0.15) is 10.4 Å². The van der Waals surface area contributed by atoms with Crippen molar-refractivity contribution in [3.05, 3.63) is 36.2 Å². The Morgan fingerprint density at radius 1 is 1.16 bits per heavy atom. The number of aromatic nitrogens is 2. The second-order valence-corrected chi connectivity index (χ2v) is 3.67. The van der Waals surface area contributed by atoms with Crippen molar-refractivity contribution < 1.29 is 19.4 Å². The van der Waals surface area contributed by atoms with Crippen molar-refractivity contribution in [2.24, 2.45) is 0 Å². The predicted molar refractivity (Wildman–Crippen MR) is 67.5 cm³/mol. The molecule has 6 heteroatoms. The average Bonchev–Trinajstić information content (AvgIpc) is 2.46. The number of ether oxygens (including phenoxy) is 2. The van der Waals surface area contributed by atoms with Gasteiger partial charge in [0.05, 0.1) is 25.3 Å². The van der Waals surface area contributed by atoms with Gasteiger partial charge in [0.2, 0.25) is 0 Å². The number of carboxylic acid groups (broad SMARTS) is 1. The number of benzene rings is 1. The van der Waals surface area contributed by atoms with E-state index in [9.17, 15) is 4.79 Å². The van der Waals surface area contributed by atoms with Crippen molar-refractivity contribution in [1.29, 1.82) is 0 Å². The summed E-state index contributed by atoms with van der Waals surface area (Å²) in [5.74, 6) is 0.544. The maximum absolute atomic E-state index is 10.7. The maximum Gasteiger partial charge on any atom is 0.338 e. The molecule has 0 saturated heterocycles. The molecular formula is C13H12N2O4. The first kappa shape index (κ1) is 12.8. The van der Waals surface area contributed by atoms with Gasteiger partial charge in [-0.15, -0.1) is 0 Å². The zero-order valence-corrected chi connectivity index (χ0v) is 10.5. The number of hydrogen-bond acceptors (Lipinski definition) is 5. The SMILES string of the molecule is COc1ccc(-c2ncc(C(=O)O)cn2)c(OC)c1. The molecule has 6 nitrogen and oxygen atoms in total. The van der Waals surface area contributed by atoms with Crippen LogP contribution in [-0.2, 0) is 0 Å². The first-order valence-corrected chi connectivity index (χ1v) is 5.43. The number of carboxylic acids is 1. The summed E-state index contributed by atoms with van der Waals surface area (Å²) in [5, 5.41) is 8.79. The molecule has 19 heavy (non-hydrogen) atoms. The van der Waals surface area contributed by atoms with Crippen LogP contribution in [0.2, 0.25) is 0 Å². The van der Waals surface area contributed by atoms with Crippen molar-refractivity contribution in [3.63, 3.8) is 0 Å². The van der Waals surface area contributed by atoms with Gasteiger partial charge in [-0.2, -0.15) is 0 Å². The van der Waals surface area contributed by atoms with Crippen LogP contribution in [-0.4, -0.2) is 35.3 Å². The molecule has 0 saturated carbocycles. The van der Waals surface area contributed by atoms with Crippen LogP contribution in [0.25, 0.3) is 11.4 Å². The first-order valence-electron chi connectivity index (χ1n) is 5.43. The molecule has 0 atom stereocenters. The van der Waals surface area contributed by atoms with Crippen LogP contribution in [0.3, 0.4) is 0 Å². The zero-order chi connectivity index (χ0) is 13.8. The second-order valence-electron chi connectivity index (χ2n) is 3.67. The monoisotopic (exact) mass is 260 g/mol.